The number of likely N-dealkylation sites (N-methyl/N-ethyl adjacent to an activating group) is 1. The van der Waals surface area contributed by atoms with E-state index in [1.165, 1.54) is 22.7 Å². The molecule has 3 aromatic heterocycles. The standard InChI is InChI=1S/C21H20F2N6O/c1-11-16(3-4-19-27-28-21(30)29(11)19)17-9-15(24)10-26-20(17)18(25-2)7-12-5-13(22)8-14(23)6-12/h3-6,8-10,18,25H,7,24H2,1-2H3,(H,28,30). The number of aromatic amines is 1. The second-order valence-corrected chi connectivity index (χ2v) is 7.08. The Labute approximate surface area is 170 Å². The number of hydrogen-bond acceptors (Lipinski definition) is 5. The molecule has 0 saturated carbocycles. The molecule has 1 unspecified atom stereocenters. The van der Waals surface area contributed by atoms with Crippen LogP contribution in [0.15, 0.2) is 47.4 Å². The maximum Gasteiger partial charge on any atom is 0.347 e. The molecule has 3 heterocycles. The average Bonchev–Trinajstić information content (AvgIpc) is 3.07. The summed E-state index contributed by atoms with van der Waals surface area (Å²) < 4.78 is 28.8. The Kier molecular flexibility index (Phi) is 5.04. The molecule has 0 aliphatic heterocycles. The van der Waals surface area contributed by atoms with Gasteiger partial charge < -0.3 is 11.1 Å². The summed E-state index contributed by atoms with van der Waals surface area (Å²) in [4.78, 5) is 16.7. The highest BCUT2D eigenvalue weighted by Gasteiger charge is 2.20. The van der Waals surface area contributed by atoms with Crippen molar-refractivity contribution in [2.45, 2.75) is 19.4 Å². The van der Waals surface area contributed by atoms with E-state index < -0.39 is 11.6 Å². The molecule has 4 N–H and O–H groups in total. The third-order valence-electron chi connectivity index (χ3n) is 5.09. The molecule has 0 bridgehead atoms. The van der Waals surface area contributed by atoms with E-state index in [-0.39, 0.29) is 11.7 Å². The van der Waals surface area contributed by atoms with Gasteiger partial charge in [0.25, 0.3) is 0 Å². The van der Waals surface area contributed by atoms with Crippen molar-refractivity contribution in [3.05, 3.63) is 81.7 Å². The van der Waals surface area contributed by atoms with Crippen molar-refractivity contribution in [2.75, 3.05) is 12.8 Å². The van der Waals surface area contributed by atoms with Crippen LogP contribution in [0, 0.1) is 18.6 Å². The van der Waals surface area contributed by atoms with Crippen LogP contribution in [0.25, 0.3) is 16.8 Å². The van der Waals surface area contributed by atoms with Crippen LogP contribution in [-0.4, -0.2) is 26.6 Å². The molecule has 4 aromatic rings. The quantitative estimate of drug-likeness (QED) is 0.470. The van der Waals surface area contributed by atoms with Gasteiger partial charge in [0.15, 0.2) is 5.65 Å². The molecule has 0 saturated heterocycles. The number of rotatable bonds is 5. The number of H-pyrrole nitrogens is 1. The van der Waals surface area contributed by atoms with Crippen LogP contribution in [-0.2, 0) is 6.42 Å². The first-order valence-electron chi connectivity index (χ1n) is 9.32. The predicted octanol–water partition coefficient (Wildman–Crippen LogP) is 2.76. The second-order valence-electron chi connectivity index (χ2n) is 7.08. The molecule has 4 rings (SSSR count). The average molecular weight is 410 g/mol. The molecule has 30 heavy (non-hydrogen) atoms. The Morgan fingerprint density at radius 3 is 2.60 bits per heavy atom. The fraction of sp³-hybridized carbons (Fsp3) is 0.190. The number of pyridine rings is 2. The minimum atomic E-state index is -0.633. The van der Waals surface area contributed by atoms with Gasteiger partial charge in [-0.25, -0.2) is 23.1 Å². The highest BCUT2D eigenvalue weighted by atomic mass is 19.1. The number of nitrogen functional groups attached to an aromatic ring is 1. The summed E-state index contributed by atoms with van der Waals surface area (Å²) in [5.41, 5.74) is 9.91. The molecule has 1 aromatic carbocycles. The summed E-state index contributed by atoms with van der Waals surface area (Å²) in [6.45, 7) is 1.81. The van der Waals surface area contributed by atoms with Gasteiger partial charge >= 0.3 is 5.69 Å². The van der Waals surface area contributed by atoms with Crippen molar-refractivity contribution < 1.29 is 8.78 Å². The molecule has 7 nitrogen and oxygen atoms in total. The third kappa shape index (κ3) is 3.55. The first-order valence-corrected chi connectivity index (χ1v) is 9.32. The van der Waals surface area contributed by atoms with E-state index in [4.69, 9.17) is 5.73 Å². The summed E-state index contributed by atoms with van der Waals surface area (Å²) in [7, 11) is 1.75. The topological polar surface area (TPSA) is 101 Å². The number of nitrogens with two attached hydrogens (primary N) is 1. The zero-order valence-corrected chi connectivity index (χ0v) is 16.4. The normalized spacial score (nSPS) is 12.4. The number of nitrogens with one attached hydrogen (secondary N) is 2. The van der Waals surface area contributed by atoms with E-state index in [0.717, 1.165) is 17.2 Å². The number of halogens is 2. The molecule has 0 aliphatic rings. The van der Waals surface area contributed by atoms with Crippen molar-refractivity contribution in [3.8, 4) is 11.1 Å². The largest absolute Gasteiger partial charge is 0.397 e. The van der Waals surface area contributed by atoms with Crippen LogP contribution in [0.4, 0.5) is 14.5 Å². The molecule has 1 atom stereocenters. The van der Waals surface area contributed by atoms with Crippen LogP contribution in [0.3, 0.4) is 0 Å². The second kappa shape index (κ2) is 7.68. The third-order valence-corrected chi connectivity index (χ3v) is 5.09. The molecular formula is C21H20F2N6O. The lowest BCUT2D eigenvalue weighted by Crippen LogP contribution is -2.21. The van der Waals surface area contributed by atoms with Gasteiger partial charge in [0, 0.05) is 22.9 Å². The van der Waals surface area contributed by atoms with Crippen LogP contribution in [0.2, 0.25) is 0 Å². The highest BCUT2D eigenvalue weighted by molar-refractivity contribution is 5.73. The Hall–Kier alpha value is -3.59. The first kappa shape index (κ1) is 19.7. The Balaban J connectivity index is 1.84. The van der Waals surface area contributed by atoms with Crippen LogP contribution < -0.4 is 16.7 Å². The fourth-order valence-corrected chi connectivity index (χ4v) is 3.71. The molecule has 154 valence electrons. The highest BCUT2D eigenvalue weighted by Crippen LogP contribution is 2.32. The number of benzene rings is 1. The summed E-state index contributed by atoms with van der Waals surface area (Å²) in [5, 5.41) is 9.58. The van der Waals surface area contributed by atoms with Gasteiger partial charge in [-0.3, -0.25) is 4.98 Å². The zero-order valence-electron chi connectivity index (χ0n) is 16.4. The maximum atomic E-state index is 13.7. The summed E-state index contributed by atoms with van der Waals surface area (Å²) >= 11 is 0. The minimum Gasteiger partial charge on any atom is -0.397 e. The van der Waals surface area contributed by atoms with E-state index in [2.05, 4.69) is 20.5 Å². The lowest BCUT2D eigenvalue weighted by Gasteiger charge is -2.21. The lowest BCUT2D eigenvalue weighted by atomic mass is 9.94. The lowest BCUT2D eigenvalue weighted by molar-refractivity contribution is 0.556. The van der Waals surface area contributed by atoms with Crippen molar-refractivity contribution in [2.24, 2.45) is 0 Å². The zero-order chi connectivity index (χ0) is 21.4. The number of fused-ring (bicyclic) bond motifs is 1. The van der Waals surface area contributed by atoms with E-state index >= 15 is 0 Å². The molecule has 0 fully saturated rings. The molecule has 9 heteroatoms. The van der Waals surface area contributed by atoms with Crippen molar-refractivity contribution in [3.63, 3.8) is 0 Å². The SMILES string of the molecule is CNC(Cc1cc(F)cc(F)c1)c1ncc(N)cc1-c1ccc2n[nH]c(=O)n2c1C. The van der Waals surface area contributed by atoms with Crippen LogP contribution in [0.1, 0.15) is 23.0 Å². The minimum absolute atomic E-state index is 0.308. The van der Waals surface area contributed by atoms with E-state index in [1.807, 2.05) is 13.0 Å². The first-order chi connectivity index (χ1) is 14.4. The predicted molar refractivity (Wildman–Crippen MR) is 110 cm³/mol. The number of anilines is 1. The van der Waals surface area contributed by atoms with Crippen molar-refractivity contribution >= 4 is 11.3 Å². The number of aryl methyl sites for hydroxylation is 1. The molecule has 0 radical (unpaired) electrons. The maximum absolute atomic E-state index is 13.7. The van der Waals surface area contributed by atoms with Gasteiger partial charge in [0.1, 0.15) is 11.6 Å². The molecule has 0 spiro atoms. The number of nitrogens with zero attached hydrogens (tertiary/aromatic N) is 3. The Bertz CT molecular complexity index is 1280. The van der Waals surface area contributed by atoms with Gasteiger partial charge in [0.2, 0.25) is 0 Å². The molecular weight excluding hydrogens is 390 g/mol. The van der Waals surface area contributed by atoms with Gasteiger partial charge in [-0.1, -0.05) is 0 Å². The van der Waals surface area contributed by atoms with Gasteiger partial charge in [-0.05, 0) is 56.3 Å². The van der Waals surface area contributed by atoms with Crippen LogP contribution >= 0.6 is 0 Å². The molecule has 0 aliphatic carbocycles. The monoisotopic (exact) mass is 410 g/mol. The fourth-order valence-electron chi connectivity index (χ4n) is 3.71. The summed E-state index contributed by atoms with van der Waals surface area (Å²) in [5.74, 6) is -1.27. The molecule has 0 amide bonds. The summed E-state index contributed by atoms with van der Waals surface area (Å²) in [6, 6.07) is 8.44. The van der Waals surface area contributed by atoms with Gasteiger partial charge in [-0.15, -0.1) is 0 Å². The van der Waals surface area contributed by atoms with Crippen molar-refractivity contribution in [1.29, 1.82) is 0 Å². The summed E-state index contributed by atoms with van der Waals surface area (Å²) in [6.07, 6.45) is 1.84. The Morgan fingerprint density at radius 1 is 1.17 bits per heavy atom. The van der Waals surface area contributed by atoms with Crippen molar-refractivity contribution in [1.82, 2.24) is 24.9 Å². The van der Waals surface area contributed by atoms with Gasteiger partial charge in [-0.2, -0.15) is 5.10 Å². The van der Waals surface area contributed by atoms with E-state index in [0.29, 0.717) is 34.7 Å². The van der Waals surface area contributed by atoms with Crippen LogP contribution in [0.5, 0.6) is 0 Å². The number of hydrogen-bond donors (Lipinski definition) is 3. The van der Waals surface area contributed by atoms with Gasteiger partial charge in [0.05, 0.1) is 23.6 Å². The van der Waals surface area contributed by atoms with E-state index in [9.17, 15) is 13.6 Å². The Morgan fingerprint density at radius 2 is 1.90 bits per heavy atom. The number of aromatic nitrogens is 4. The van der Waals surface area contributed by atoms with E-state index in [1.54, 1.807) is 19.2 Å². The smallest absolute Gasteiger partial charge is 0.347 e.